The van der Waals surface area contributed by atoms with Gasteiger partial charge < -0.3 is 9.88 Å². The van der Waals surface area contributed by atoms with Crippen LogP contribution in [0.25, 0.3) is 0 Å². The molecule has 0 aliphatic rings. The predicted molar refractivity (Wildman–Crippen MR) is 81.3 cm³/mol. The van der Waals surface area contributed by atoms with E-state index in [9.17, 15) is 0 Å². The molecule has 3 nitrogen and oxygen atoms in total. The standard InChI is InChI=1S/C15H20ClN3/c1-10(2)8-19-9-12(4)17-15(19)18-13-6-5-11(3)14(16)7-13/h5-7,9-10H,8H2,1-4H3,(H,17,18). The number of benzene rings is 1. The zero-order valence-electron chi connectivity index (χ0n) is 11.9. The molecule has 2 rings (SSSR count). The molecule has 0 bridgehead atoms. The molecule has 102 valence electrons. The molecule has 1 aromatic carbocycles. The number of nitrogens with one attached hydrogen (secondary N) is 1. The van der Waals surface area contributed by atoms with E-state index in [1.165, 1.54) is 0 Å². The summed E-state index contributed by atoms with van der Waals surface area (Å²) in [7, 11) is 0. The number of rotatable bonds is 4. The smallest absolute Gasteiger partial charge is 0.207 e. The molecule has 0 unspecified atom stereocenters. The number of imidazole rings is 1. The highest BCUT2D eigenvalue weighted by atomic mass is 35.5. The molecule has 0 aliphatic heterocycles. The van der Waals surface area contributed by atoms with Gasteiger partial charge in [-0.05, 0) is 37.5 Å². The predicted octanol–water partition coefficient (Wildman–Crippen LogP) is 4.55. The lowest BCUT2D eigenvalue weighted by Gasteiger charge is -2.12. The zero-order valence-corrected chi connectivity index (χ0v) is 12.6. The first kappa shape index (κ1) is 13.9. The Morgan fingerprint density at radius 1 is 1.32 bits per heavy atom. The van der Waals surface area contributed by atoms with E-state index in [0.717, 1.165) is 34.5 Å². The van der Waals surface area contributed by atoms with Crippen LogP contribution in [0.1, 0.15) is 25.1 Å². The van der Waals surface area contributed by atoms with E-state index in [2.05, 4.69) is 34.9 Å². The number of hydrogen-bond donors (Lipinski definition) is 1. The highest BCUT2D eigenvalue weighted by Crippen LogP contribution is 2.23. The van der Waals surface area contributed by atoms with Gasteiger partial charge in [0.2, 0.25) is 5.95 Å². The van der Waals surface area contributed by atoms with Crippen LogP contribution in [0.5, 0.6) is 0 Å². The van der Waals surface area contributed by atoms with Crippen LogP contribution in [-0.2, 0) is 6.54 Å². The van der Waals surface area contributed by atoms with Gasteiger partial charge in [0, 0.05) is 23.5 Å². The van der Waals surface area contributed by atoms with Crippen LogP contribution in [0.4, 0.5) is 11.6 Å². The molecule has 0 aliphatic carbocycles. The highest BCUT2D eigenvalue weighted by Gasteiger charge is 2.08. The highest BCUT2D eigenvalue weighted by molar-refractivity contribution is 6.31. The van der Waals surface area contributed by atoms with Gasteiger partial charge in [-0.1, -0.05) is 31.5 Å². The van der Waals surface area contributed by atoms with Gasteiger partial charge in [0.15, 0.2) is 0 Å². The quantitative estimate of drug-likeness (QED) is 0.888. The molecule has 0 fully saturated rings. The van der Waals surface area contributed by atoms with Gasteiger partial charge >= 0.3 is 0 Å². The Labute approximate surface area is 119 Å². The summed E-state index contributed by atoms with van der Waals surface area (Å²) < 4.78 is 2.15. The first-order chi connectivity index (χ1) is 8.95. The molecule has 0 atom stereocenters. The Morgan fingerprint density at radius 2 is 2.05 bits per heavy atom. The second-order valence-electron chi connectivity index (χ2n) is 5.34. The van der Waals surface area contributed by atoms with Crippen molar-refractivity contribution in [1.82, 2.24) is 9.55 Å². The van der Waals surface area contributed by atoms with Crippen LogP contribution in [0.3, 0.4) is 0 Å². The second kappa shape index (κ2) is 5.66. The second-order valence-corrected chi connectivity index (χ2v) is 5.75. The maximum Gasteiger partial charge on any atom is 0.207 e. The molecule has 0 spiro atoms. The largest absolute Gasteiger partial charge is 0.326 e. The number of nitrogens with zero attached hydrogens (tertiary/aromatic N) is 2. The molecule has 0 amide bonds. The third kappa shape index (κ3) is 3.51. The third-order valence-corrected chi connectivity index (χ3v) is 3.29. The van der Waals surface area contributed by atoms with Crippen LogP contribution in [0, 0.1) is 19.8 Å². The van der Waals surface area contributed by atoms with Crippen LogP contribution >= 0.6 is 11.6 Å². The summed E-state index contributed by atoms with van der Waals surface area (Å²) in [6.07, 6.45) is 2.07. The van der Waals surface area contributed by atoms with Crippen molar-refractivity contribution in [1.29, 1.82) is 0 Å². The van der Waals surface area contributed by atoms with E-state index in [1.54, 1.807) is 0 Å². The summed E-state index contributed by atoms with van der Waals surface area (Å²) in [4.78, 5) is 4.52. The van der Waals surface area contributed by atoms with Crippen LogP contribution in [0.15, 0.2) is 24.4 Å². The third-order valence-electron chi connectivity index (χ3n) is 2.89. The van der Waals surface area contributed by atoms with E-state index < -0.39 is 0 Å². The topological polar surface area (TPSA) is 29.9 Å². The molecule has 4 heteroatoms. The first-order valence-electron chi connectivity index (χ1n) is 6.52. The van der Waals surface area contributed by atoms with Crippen molar-refractivity contribution < 1.29 is 0 Å². The van der Waals surface area contributed by atoms with Crippen LogP contribution in [0.2, 0.25) is 5.02 Å². The van der Waals surface area contributed by atoms with Gasteiger partial charge in [0.05, 0.1) is 5.69 Å². The summed E-state index contributed by atoms with van der Waals surface area (Å²) in [6, 6.07) is 5.96. The zero-order chi connectivity index (χ0) is 14.0. The lowest BCUT2D eigenvalue weighted by molar-refractivity contribution is 0.527. The fourth-order valence-electron chi connectivity index (χ4n) is 1.98. The van der Waals surface area contributed by atoms with Crippen molar-refractivity contribution >= 4 is 23.2 Å². The van der Waals surface area contributed by atoms with Crippen molar-refractivity contribution in [3.05, 3.63) is 40.7 Å². The molecular formula is C15H20ClN3. The maximum atomic E-state index is 6.14. The van der Waals surface area contributed by atoms with E-state index in [-0.39, 0.29) is 0 Å². The minimum atomic E-state index is 0.579. The van der Waals surface area contributed by atoms with Gasteiger partial charge in [-0.15, -0.1) is 0 Å². The van der Waals surface area contributed by atoms with Gasteiger partial charge in [-0.25, -0.2) is 4.98 Å². The summed E-state index contributed by atoms with van der Waals surface area (Å²) >= 11 is 6.14. The van der Waals surface area contributed by atoms with Crippen molar-refractivity contribution in [2.75, 3.05) is 5.32 Å². The fourth-order valence-corrected chi connectivity index (χ4v) is 2.16. The van der Waals surface area contributed by atoms with E-state index in [4.69, 9.17) is 11.6 Å². The lowest BCUT2D eigenvalue weighted by Crippen LogP contribution is -2.07. The number of anilines is 2. The SMILES string of the molecule is Cc1cn(CC(C)C)c(Nc2ccc(C)c(Cl)c2)n1. The molecule has 19 heavy (non-hydrogen) atoms. The van der Waals surface area contributed by atoms with E-state index in [1.807, 2.05) is 32.0 Å². The van der Waals surface area contributed by atoms with E-state index in [0.29, 0.717) is 5.92 Å². The molecule has 0 radical (unpaired) electrons. The van der Waals surface area contributed by atoms with Crippen molar-refractivity contribution in [3.63, 3.8) is 0 Å². The minimum absolute atomic E-state index is 0.579. The number of halogens is 1. The molecule has 1 N–H and O–H groups in total. The van der Waals surface area contributed by atoms with Crippen molar-refractivity contribution in [2.24, 2.45) is 5.92 Å². The molecular weight excluding hydrogens is 258 g/mol. The van der Waals surface area contributed by atoms with Gasteiger partial charge in [-0.2, -0.15) is 0 Å². The fraction of sp³-hybridized carbons (Fsp3) is 0.400. The first-order valence-corrected chi connectivity index (χ1v) is 6.90. The van der Waals surface area contributed by atoms with E-state index >= 15 is 0 Å². The Morgan fingerprint density at radius 3 is 2.68 bits per heavy atom. The molecule has 1 heterocycles. The average Bonchev–Trinajstić information content (AvgIpc) is 2.63. The average molecular weight is 278 g/mol. The molecule has 2 aromatic rings. The van der Waals surface area contributed by atoms with Gasteiger partial charge in [-0.3, -0.25) is 0 Å². The lowest BCUT2D eigenvalue weighted by atomic mass is 10.2. The minimum Gasteiger partial charge on any atom is -0.326 e. The monoisotopic (exact) mass is 277 g/mol. The maximum absolute atomic E-state index is 6.14. The van der Waals surface area contributed by atoms with Crippen molar-refractivity contribution in [3.8, 4) is 0 Å². The number of hydrogen-bond acceptors (Lipinski definition) is 2. The van der Waals surface area contributed by atoms with Gasteiger partial charge in [0.25, 0.3) is 0 Å². The summed E-state index contributed by atoms with van der Waals surface area (Å²) in [6.45, 7) is 9.34. The normalized spacial score (nSPS) is 11.1. The Balaban J connectivity index is 2.24. The summed E-state index contributed by atoms with van der Waals surface area (Å²) in [5, 5.41) is 4.10. The van der Waals surface area contributed by atoms with Crippen LogP contribution < -0.4 is 5.32 Å². The Kier molecular flexibility index (Phi) is 4.15. The molecule has 0 saturated carbocycles. The Hall–Kier alpha value is -1.48. The van der Waals surface area contributed by atoms with Gasteiger partial charge in [0.1, 0.15) is 0 Å². The Bertz CT molecular complexity index is 573. The molecule has 1 aromatic heterocycles. The number of aromatic nitrogens is 2. The molecule has 0 saturated heterocycles. The van der Waals surface area contributed by atoms with Crippen LogP contribution in [-0.4, -0.2) is 9.55 Å². The number of aryl methyl sites for hydroxylation is 2. The summed E-state index contributed by atoms with van der Waals surface area (Å²) in [5.41, 5.74) is 3.06. The van der Waals surface area contributed by atoms with Crippen molar-refractivity contribution in [2.45, 2.75) is 34.2 Å². The summed E-state index contributed by atoms with van der Waals surface area (Å²) in [5.74, 6) is 1.45.